The summed E-state index contributed by atoms with van der Waals surface area (Å²) in [7, 11) is 2.25. The number of nitrogens with zero attached hydrogens (tertiary/aromatic N) is 4. The number of β-amino-alcohol motifs (C(OH)–C–C–N with tert-alkyl or cyclic N) is 1. The first kappa shape index (κ1) is 25.9. The largest absolute Gasteiger partial charge is 0.391 e. The molecule has 2 aromatic carbocycles. The summed E-state index contributed by atoms with van der Waals surface area (Å²) >= 11 is 0. The van der Waals surface area contributed by atoms with Crippen molar-refractivity contribution in [3.8, 4) is 11.4 Å². The smallest absolute Gasteiger partial charge is 0.162 e. The summed E-state index contributed by atoms with van der Waals surface area (Å²) in [6.45, 7) is 8.91. The molecule has 1 N–H and O–H groups in total. The van der Waals surface area contributed by atoms with Gasteiger partial charge in [0.1, 0.15) is 5.82 Å². The Kier molecular flexibility index (Phi) is 7.92. The highest BCUT2D eigenvalue weighted by atomic mass is 16.3. The summed E-state index contributed by atoms with van der Waals surface area (Å²) in [5, 5.41) is 10.6. The van der Waals surface area contributed by atoms with Gasteiger partial charge in [0.2, 0.25) is 0 Å². The zero-order valence-corrected chi connectivity index (χ0v) is 23.0. The molecular weight excluding hydrogens is 456 g/mol. The molecule has 2 heterocycles. The van der Waals surface area contributed by atoms with E-state index in [1.54, 1.807) is 0 Å². The van der Waals surface area contributed by atoms with Gasteiger partial charge in [-0.25, -0.2) is 9.97 Å². The maximum absolute atomic E-state index is 10.6. The Morgan fingerprint density at radius 3 is 2.46 bits per heavy atom. The molecule has 1 aliphatic heterocycles. The van der Waals surface area contributed by atoms with Crippen molar-refractivity contribution in [1.82, 2.24) is 14.9 Å². The molecule has 2 aliphatic rings. The first-order valence-electron chi connectivity index (χ1n) is 14.2. The first-order valence-corrected chi connectivity index (χ1v) is 14.2. The van der Waals surface area contributed by atoms with Crippen LogP contribution in [0.1, 0.15) is 79.1 Å². The Balaban J connectivity index is 1.57. The van der Waals surface area contributed by atoms with Crippen LogP contribution >= 0.6 is 0 Å². The van der Waals surface area contributed by atoms with E-state index in [1.807, 2.05) is 0 Å². The van der Waals surface area contributed by atoms with Crippen molar-refractivity contribution < 1.29 is 5.11 Å². The Labute approximate surface area is 222 Å². The number of piperidine rings is 1. The molecule has 0 bridgehead atoms. The van der Waals surface area contributed by atoms with E-state index >= 15 is 0 Å². The third kappa shape index (κ3) is 5.30. The summed E-state index contributed by atoms with van der Waals surface area (Å²) in [6, 6.07) is 15.9. The molecule has 0 spiro atoms. The molecule has 2 atom stereocenters. The number of hydrogen-bond donors (Lipinski definition) is 1. The quantitative estimate of drug-likeness (QED) is 0.430. The van der Waals surface area contributed by atoms with Gasteiger partial charge in [-0.05, 0) is 81.2 Å². The average Bonchev–Trinajstić information content (AvgIpc) is 2.93. The molecule has 0 amide bonds. The van der Waals surface area contributed by atoms with Crippen LogP contribution in [0.15, 0.2) is 42.5 Å². The van der Waals surface area contributed by atoms with Gasteiger partial charge in [-0.2, -0.15) is 0 Å². The number of anilines is 1. The molecule has 1 aromatic heterocycles. The maximum Gasteiger partial charge on any atom is 0.162 e. The van der Waals surface area contributed by atoms with Crippen LogP contribution in [0, 0.1) is 6.92 Å². The summed E-state index contributed by atoms with van der Waals surface area (Å²) in [5.41, 5.74) is 8.97. The molecule has 0 radical (unpaired) electrons. The van der Waals surface area contributed by atoms with Crippen molar-refractivity contribution >= 4 is 5.82 Å². The molecule has 5 nitrogen and oxygen atoms in total. The fourth-order valence-corrected chi connectivity index (χ4v) is 6.36. The molecule has 196 valence electrons. The third-order valence-electron chi connectivity index (χ3n) is 8.39. The average molecular weight is 499 g/mol. The number of aliphatic hydroxyl groups is 1. The number of hydrogen-bond acceptors (Lipinski definition) is 5. The van der Waals surface area contributed by atoms with Gasteiger partial charge in [0.15, 0.2) is 5.82 Å². The van der Waals surface area contributed by atoms with E-state index in [-0.39, 0.29) is 6.10 Å². The van der Waals surface area contributed by atoms with Gasteiger partial charge in [0, 0.05) is 42.5 Å². The number of aromatic nitrogens is 2. The van der Waals surface area contributed by atoms with Crippen LogP contribution < -0.4 is 4.90 Å². The van der Waals surface area contributed by atoms with Gasteiger partial charge in [0.05, 0.1) is 6.10 Å². The second kappa shape index (κ2) is 11.3. The molecule has 1 unspecified atom stereocenters. The summed E-state index contributed by atoms with van der Waals surface area (Å²) in [6.07, 6.45) is 7.01. The zero-order valence-electron chi connectivity index (χ0n) is 23.0. The number of aryl methyl sites for hydroxylation is 4. The van der Waals surface area contributed by atoms with Crippen molar-refractivity contribution in [3.63, 3.8) is 0 Å². The van der Waals surface area contributed by atoms with Crippen LogP contribution in [0.3, 0.4) is 0 Å². The highest BCUT2D eigenvalue weighted by molar-refractivity contribution is 5.68. The van der Waals surface area contributed by atoms with Crippen LogP contribution in [0.4, 0.5) is 5.82 Å². The molecule has 1 fully saturated rings. The molecule has 37 heavy (non-hydrogen) atoms. The topological polar surface area (TPSA) is 52.5 Å². The van der Waals surface area contributed by atoms with E-state index in [0.29, 0.717) is 12.6 Å². The lowest BCUT2D eigenvalue weighted by Gasteiger charge is -2.36. The summed E-state index contributed by atoms with van der Waals surface area (Å²) in [5.74, 6) is 1.83. The van der Waals surface area contributed by atoms with E-state index in [2.05, 4.69) is 80.1 Å². The molecule has 3 aromatic rings. The fraction of sp³-hybridized carbons (Fsp3) is 0.500. The minimum atomic E-state index is -0.308. The molecule has 1 aliphatic carbocycles. The maximum atomic E-state index is 10.6. The van der Waals surface area contributed by atoms with Crippen LogP contribution in [0.25, 0.3) is 11.4 Å². The highest BCUT2D eigenvalue weighted by Crippen LogP contribution is 2.37. The monoisotopic (exact) mass is 498 g/mol. The standard InChI is InChI=1S/C32H42N4O/c1-5-23-13-9-14-24(6-2)30(23)31-33-22(3)28(32(34-31)36-19-11-16-26(37)20-36)21-35(4)29-18-10-15-25-12-7-8-17-27(25)29/h7-9,12-14,17,26,29,37H,5-6,10-11,15-16,18-21H2,1-4H3/t26?,29-/m0/s1. The van der Waals surface area contributed by atoms with Crippen molar-refractivity contribution in [1.29, 1.82) is 0 Å². The second-order valence-corrected chi connectivity index (χ2v) is 10.9. The van der Waals surface area contributed by atoms with Gasteiger partial charge in [-0.3, -0.25) is 4.90 Å². The van der Waals surface area contributed by atoms with Gasteiger partial charge >= 0.3 is 0 Å². The molecule has 5 rings (SSSR count). The minimum Gasteiger partial charge on any atom is -0.391 e. The van der Waals surface area contributed by atoms with E-state index in [9.17, 15) is 5.11 Å². The number of benzene rings is 2. The number of rotatable bonds is 7. The van der Waals surface area contributed by atoms with Crippen molar-refractivity contribution in [2.24, 2.45) is 0 Å². The van der Waals surface area contributed by atoms with Gasteiger partial charge in [-0.1, -0.05) is 56.3 Å². The van der Waals surface area contributed by atoms with Gasteiger partial charge in [0.25, 0.3) is 0 Å². The Bertz CT molecular complexity index is 1220. The third-order valence-corrected chi connectivity index (χ3v) is 8.39. The van der Waals surface area contributed by atoms with E-state index in [4.69, 9.17) is 9.97 Å². The SMILES string of the molecule is CCc1cccc(CC)c1-c1nc(C)c(CN(C)[C@H]2CCCc3ccccc32)c(N2CCCC(O)C2)n1. The van der Waals surface area contributed by atoms with E-state index in [1.165, 1.54) is 52.6 Å². The second-order valence-electron chi connectivity index (χ2n) is 10.9. The lowest BCUT2D eigenvalue weighted by atomic mass is 9.87. The lowest BCUT2D eigenvalue weighted by Crippen LogP contribution is -2.40. The number of fused-ring (bicyclic) bond motifs is 1. The Morgan fingerprint density at radius 2 is 1.73 bits per heavy atom. The van der Waals surface area contributed by atoms with E-state index < -0.39 is 0 Å². The Morgan fingerprint density at radius 1 is 0.973 bits per heavy atom. The van der Waals surface area contributed by atoms with Gasteiger partial charge in [-0.15, -0.1) is 0 Å². The highest BCUT2D eigenvalue weighted by Gasteiger charge is 2.28. The van der Waals surface area contributed by atoms with Crippen LogP contribution in [-0.4, -0.2) is 46.2 Å². The van der Waals surface area contributed by atoms with E-state index in [0.717, 1.165) is 56.1 Å². The normalized spacial score (nSPS) is 19.8. The minimum absolute atomic E-state index is 0.308. The zero-order chi connectivity index (χ0) is 25.9. The van der Waals surface area contributed by atoms with Crippen molar-refractivity contribution in [2.75, 3.05) is 25.0 Å². The molecule has 5 heteroatoms. The predicted molar refractivity (Wildman–Crippen MR) is 152 cm³/mol. The molecule has 1 saturated heterocycles. The van der Waals surface area contributed by atoms with Crippen LogP contribution in [0.2, 0.25) is 0 Å². The molecular formula is C32H42N4O. The lowest BCUT2D eigenvalue weighted by molar-refractivity contribution is 0.153. The summed E-state index contributed by atoms with van der Waals surface area (Å²) < 4.78 is 0. The van der Waals surface area contributed by atoms with Crippen molar-refractivity contribution in [3.05, 3.63) is 76.0 Å². The number of aliphatic hydroxyl groups excluding tert-OH is 1. The fourth-order valence-electron chi connectivity index (χ4n) is 6.36. The first-order chi connectivity index (χ1) is 18.0. The van der Waals surface area contributed by atoms with Gasteiger partial charge < -0.3 is 10.0 Å². The van der Waals surface area contributed by atoms with Crippen LogP contribution in [-0.2, 0) is 25.8 Å². The predicted octanol–water partition coefficient (Wildman–Crippen LogP) is 6.05. The molecule has 0 saturated carbocycles. The van der Waals surface area contributed by atoms with Crippen molar-refractivity contribution in [2.45, 2.75) is 84.4 Å². The van der Waals surface area contributed by atoms with Crippen LogP contribution in [0.5, 0.6) is 0 Å². The summed E-state index contributed by atoms with van der Waals surface area (Å²) in [4.78, 5) is 15.3. The Hall–Kier alpha value is -2.76.